The Labute approximate surface area is 149 Å². The van der Waals surface area contributed by atoms with Gasteiger partial charge in [0.2, 0.25) is 0 Å². The first-order valence-electron chi connectivity index (χ1n) is 8.13. The third-order valence-electron chi connectivity index (χ3n) is 3.78. The molecule has 0 aliphatic heterocycles. The molecular formula is C20H17FN2O3. The number of nitrogens with zero attached hydrogens (tertiary/aromatic N) is 1. The number of halogens is 1. The second-order valence-electron chi connectivity index (χ2n) is 5.73. The Morgan fingerprint density at radius 2 is 1.92 bits per heavy atom. The summed E-state index contributed by atoms with van der Waals surface area (Å²) in [5.74, 6) is -1.38. The Morgan fingerprint density at radius 1 is 1.12 bits per heavy atom. The summed E-state index contributed by atoms with van der Waals surface area (Å²) in [4.78, 5) is 28.8. The lowest BCUT2D eigenvalue weighted by Crippen LogP contribution is -2.13. The van der Waals surface area contributed by atoms with Crippen LogP contribution in [0.2, 0.25) is 0 Å². The first kappa shape index (κ1) is 17.5. The zero-order valence-electron chi connectivity index (χ0n) is 14.4. The molecule has 0 atom stereocenters. The van der Waals surface area contributed by atoms with E-state index in [0.717, 1.165) is 6.07 Å². The normalized spacial score (nSPS) is 10.6. The molecule has 3 rings (SSSR count). The van der Waals surface area contributed by atoms with Crippen molar-refractivity contribution in [2.75, 3.05) is 11.9 Å². The molecule has 0 unspecified atom stereocenters. The number of aryl methyl sites for hydroxylation is 1. The van der Waals surface area contributed by atoms with Crippen LogP contribution in [0.25, 0.3) is 10.9 Å². The topological polar surface area (TPSA) is 68.3 Å². The van der Waals surface area contributed by atoms with E-state index in [9.17, 15) is 14.0 Å². The van der Waals surface area contributed by atoms with Gasteiger partial charge in [0.15, 0.2) is 0 Å². The fraction of sp³-hybridized carbons (Fsp3) is 0.150. The number of rotatable bonds is 4. The van der Waals surface area contributed by atoms with Crippen molar-refractivity contribution in [3.8, 4) is 0 Å². The van der Waals surface area contributed by atoms with Gasteiger partial charge in [-0.25, -0.2) is 9.18 Å². The van der Waals surface area contributed by atoms with E-state index < -0.39 is 17.7 Å². The molecular weight excluding hydrogens is 335 g/mol. The predicted molar refractivity (Wildman–Crippen MR) is 96.8 cm³/mol. The van der Waals surface area contributed by atoms with Gasteiger partial charge in [0.1, 0.15) is 5.82 Å². The quantitative estimate of drug-likeness (QED) is 0.718. The van der Waals surface area contributed by atoms with E-state index in [2.05, 4.69) is 10.3 Å². The third kappa shape index (κ3) is 3.69. The Morgan fingerprint density at radius 3 is 2.65 bits per heavy atom. The molecule has 0 aliphatic rings. The molecule has 1 N–H and O–H groups in total. The maximum absolute atomic E-state index is 13.4. The van der Waals surface area contributed by atoms with Crippen molar-refractivity contribution >= 4 is 28.5 Å². The predicted octanol–water partition coefficient (Wildman–Crippen LogP) is 4.11. The van der Waals surface area contributed by atoms with Crippen molar-refractivity contribution in [2.24, 2.45) is 0 Å². The molecule has 5 nitrogen and oxygen atoms in total. The molecule has 0 fully saturated rings. The van der Waals surface area contributed by atoms with Crippen LogP contribution >= 0.6 is 0 Å². The monoisotopic (exact) mass is 352 g/mol. The minimum atomic E-state index is -0.488. The van der Waals surface area contributed by atoms with Crippen LogP contribution in [-0.4, -0.2) is 23.5 Å². The molecule has 0 saturated carbocycles. The number of ether oxygens (including phenoxy) is 1. The summed E-state index contributed by atoms with van der Waals surface area (Å²) in [5.41, 5.74) is 2.40. The second-order valence-corrected chi connectivity index (χ2v) is 5.73. The molecule has 2 aromatic carbocycles. The van der Waals surface area contributed by atoms with E-state index in [1.54, 1.807) is 38.1 Å². The van der Waals surface area contributed by atoms with Crippen molar-refractivity contribution in [3.05, 3.63) is 71.2 Å². The molecule has 1 heterocycles. The average Bonchev–Trinajstić information content (AvgIpc) is 2.61. The van der Waals surface area contributed by atoms with Gasteiger partial charge in [-0.2, -0.15) is 0 Å². The van der Waals surface area contributed by atoms with Crippen LogP contribution in [0.4, 0.5) is 10.1 Å². The largest absolute Gasteiger partial charge is 0.462 e. The van der Waals surface area contributed by atoms with Gasteiger partial charge in [0.25, 0.3) is 5.91 Å². The maximum Gasteiger partial charge on any atom is 0.338 e. The summed E-state index contributed by atoms with van der Waals surface area (Å²) in [7, 11) is 0. The summed E-state index contributed by atoms with van der Waals surface area (Å²) < 4.78 is 18.4. The molecule has 1 aromatic heterocycles. The summed E-state index contributed by atoms with van der Waals surface area (Å²) in [6.45, 7) is 3.80. The van der Waals surface area contributed by atoms with Gasteiger partial charge >= 0.3 is 5.97 Å². The first-order valence-corrected chi connectivity index (χ1v) is 8.13. The van der Waals surface area contributed by atoms with E-state index in [1.165, 1.54) is 18.2 Å². The van der Waals surface area contributed by atoms with Gasteiger partial charge in [-0.15, -0.1) is 0 Å². The number of aromatic nitrogens is 1. The van der Waals surface area contributed by atoms with Crippen LogP contribution in [-0.2, 0) is 4.74 Å². The van der Waals surface area contributed by atoms with Gasteiger partial charge in [-0.3, -0.25) is 9.78 Å². The lowest BCUT2D eigenvalue weighted by Gasteiger charge is -2.11. The van der Waals surface area contributed by atoms with Crippen LogP contribution in [0, 0.1) is 12.7 Å². The van der Waals surface area contributed by atoms with Crippen LogP contribution in [0.1, 0.15) is 33.3 Å². The van der Waals surface area contributed by atoms with Crippen molar-refractivity contribution in [1.29, 1.82) is 0 Å². The van der Waals surface area contributed by atoms with Crippen LogP contribution in [0.5, 0.6) is 0 Å². The second kappa shape index (κ2) is 7.31. The van der Waals surface area contributed by atoms with Gasteiger partial charge in [0, 0.05) is 16.6 Å². The lowest BCUT2D eigenvalue weighted by molar-refractivity contribution is 0.0526. The average molecular weight is 352 g/mol. The summed E-state index contributed by atoms with van der Waals surface area (Å²) >= 11 is 0. The number of nitrogens with one attached hydrogen (secondary N) is 1. The van der Waals surface area contributed by atoms with Gasteiger partial charge in [-0.05, 0) is 56.3 Å². The van der Waals surface area contributed by atoms with Gasteiger partial charge in [-0.1, -0.05) is 6.07 Å². The van der Waals surface area contributed by atoms with E-state index in [-0.39, 0.29) is 12.2 Å². The number of carbonyl (C=O) groups excluding carboxylic acids is 2. The highest BCUT2D eigenvalue weighted by atomic mass is 19.1. The number of hydrogen-bond acceptors (Lipinski definition) is 4. The Balaban J connectivity index is 2.02. The molecule has 3 aromatic rings. The van der Waals surface area contributed by atoms with Crippen molar-refractivity contribution in [2.45, 2.75) is 13.8 Å². The van der Waals surface area contributed by atoms with E-state index in [0.29, 0.717) is 27.8 Å². The number of pyridine rings is 1. The zero-order valence-corrected chi connectivity index (χ0v) is 14.4. The molecule has 132 valence electrons. The van der Waals surface area contributed by atoms with Gasteiger partial charge < -0.3 is 10.1 Å². The molecule has 0 radical (unpaired) electrons. The van der Waals surface area contributed by atoms with Crippen LogP contribution < -0.4 is 5.32 Å². The number of amides is 1. The minimum Gasteiger partial charge on any atom is -0.462 e. The van der Waals surface area contributed by atoms with Crippen molar-refractivity contribution in [1.82, 2.24) is 4.98 Å². The highest BCUT2D eigenvalue weighted by molar-refractivity contribution is 6.09. The molecule has 0 spiro atoms. The summed E-state index contributed by atoms with van der Waals surface area (Å²) in [6.07, 6.45) is 0. The van der Waals surface area contributed by atoms with Crippen LogP contribution in [0.15, 0.2) is 48.5 Å². The number of carbonyl (C=O) groups is 2. The first-order chi connectivity index (χ1) is 12.5. The smallest absolute Gasteiger partial charge is 0.338 e. The van der Waals surface area contributed by atoms with E-state index >= 15 is 0 Å². The lowest BCUT2D eigenvalue weighted by atomic mass is 10.1. The number of esters is 1. The highest BCUT2D eigenvalue weighted by Gasteiger charge is 2.13. The highest BCUT2D eigenvalue weighted by Crippen LogP contribution is 2.25. The number of hydrogen-bond donors (Lipinski definition) is 1. The minimum absolute atomic E-state index is 0.203. The SMILES string of the molecule is CCOC(=O)c1ccc2nc(C)cc(NC(=O)c3cccc(F)c3)c2c1. The van der Waals surface area contributed by atoms with Crippen molar-refractivity contribution < 1.29 is 18.7 Å². The third-order valence-corrected chi connectivity index (χ3v) is 3.78. The standard InChI is InChI=1S/C20H17FN2O3/c1-3-26-20(25)14-7-8-17-16(11-14)18(9-12(2)22-17)23-19(24)13-5-4-6-15(21)10-13/h4-11H,3H2,1-2H3,(H,22,23,24). The number of benzene rings is 2. The summed E-state index contributed by atoms with van der Waals surface area (Å²) in [5, 5.41) is 3.37. The fourth-order valence-electron chi connectivity index (χ4n) is 2.63. The maximum atomic E-state index is 13.4. The fourth-order valence-corrected chi connectivity index (χ4v) is 2.63. The van der Waals surface area contributed by atoms with Gasteiger partial charge in [0.05, 0.1) is 23.4 Å². The molecule has 0 aliphatic carbocycles. The Bertz CT molecular complexity index is 1000. The molecule has 26 heavy (non-hydrogen) atoms. The number of fused-ring (bicyclic) bond motifs is 1. The van der Waals surface area contributed by atoms with Crippen molar-refractivity contribution in [3.63, 3.8) is 0 Å². The van der Waals surface area contributed by atoms with E-state index in [1.807, 2.05) is 0 Å². The molecule has 0 bridgehead atoms. The Hall–Kier alpha value is -3.28. The molecule has 0 saturated heterocycles. The zero-order chi connectivity index (χ0) is 18.7. The summed E-state index contributed by atoms with van der Waals surface area (Å²) in [6, 6.07) is 12.1. The number of anilines is 1. The van der Waals surface area contributed by atoms with E-state index in [4.69, 9.17) is 4.74 Å². The van der Waals surface area contributed by atoms with Crippen LogP contribution in [0.3, 0.4) is 0 Å². The molecule has 6 heteroatoms. The Kier molecular flexibility index (Phi) is 4.93. The molecule has 1 amide bonds.